The highest BCUT2D eigenvalue weighted by Gasteiger charge is 2.25. The summed E-state index contributed by atoms with van der Waals surface area (Å²) < 4.78 is 4.92. The summed E-state index contributed by atoms with van der Waals surface area (Å²) in [6.45, 7) is 2.45. The van der Waals surface area contributed by atoms with E-state index >= 15 is 0 Å². The van der Waals surface area contributed by atoms with E-state index in [4.69, 9.17) is 4.74 Å². The molecule has 0 radical (unpaired) electrons. The van der Waals surface area contributed by atoms with Gasteiger partial charge in [0, 0.05) is 5.57 Å². The van der Waals surface area contributed by atoms with Crippen molar-refractivity contribution in [2.24, 2.45) is 0 Å². The fourth-order valence-electron chi connectivity index (χ4n) is 1.50. The van der Waals surface area contributed by atoms with E-state index < -0.39 is 0 Å². The molecule has 0 aromatic heterocycles. The maximum Gasteiger partial charge on any atom is 0.338 e. The average molecular weight is 191 g/mol. The highest BCUT2D eigenvalue weighted by Crippen LogP contribution is 2.24. The highest BCUT2D eigenvalue weighted by molar-refractivity contribution is 5.95. The molecule has 14 heavy (non-hydrogen) atoms. The minimum atomic E-state index is -0.221. The van der Waals surface area contributed by atoms with E-state index in [2.05, 4.69) is 5.32 Å². The Morgan fingerprint density at radius 1 is 1.43 bits per heavy atom. The van der Waals surface area contributed by atoms with Crippen LogP contribution in [0, 0.1) is 0 Å². The second-order valence-corrected chi connectivity index (χ2v) is 3.71. The van der Waals surface area contributed by atoms with E-state index in [0.29, 0.717) is 12.2 Å². The van der Waals surface area contributed by atoms with Crippen LogP contribution in [-0.4, -0.2) is 25.2 Å². The van der Waals surface area contributed by atoms with Crippen LogP contribution in [0.25, 0.3) is 0 Å². The van der Waals surface area contributed by atoms with Gasteiger partial charge in [0.25, 0.3) is 0 Å². The Morgan fingerprint density at radius 3 is 2.86 bits per heavy atom. The molecule has 0 saturated heterocycles. The lowest BCUT2D eigenvalue weighted by molar-refractivity contribution is -0.135. The number of carbonyl (C=O) groups is 1. The minimum absolute atomic E-state index is 0.176. The monoisotopic (exact) mass is 191 g/mol. The number of carbonyl (C=O) groups excluding carboxylic acids is 1. The van der Waals surface area contributed by atoms with Gasteiger partial charge in [0.05, 0.1) is 11.1 Å². The first-order valence-electron chi connectivity index (χ1n) is 4.62. The first-order valence-corrected chi connectivity index (χ1v) is 4.62. The lowest BCUT2D eigenvalue weighted by Crippen LogP contribution is -2.35. The van der Waals surface area contributed by atoms with Crippen LogP contribution in [-0.2, 0) is 9.53 Å². The van der Waals surface area contributed by atoms with Crippen molar-refractivity contribution in [3.05, 3.63) is 35.5 Å². The van der Waals surface area contributed by atoms with Crippen LogP contribution in [0.2, 0.25) is 0 Å². The van der Waals surface area contributed by atoms with E-state index in [1.165, 1.54) is 0 Å². The molecular weight excluding hydrogens is 178 g/mol. The van der Waals surface area contributed by atoms with Crippen LogP contribution >= 0.6 is 0 Å². The summed E-state index contributed by atoms with van der Waals surface area (Å²) in [4.78, 5) is 11.3. The smallest absolute Gasteiger partial charge is 0.338 e. The molecule has 0 aromatic carbocycles. The molecule has 1 N–H and O–H groups in total. The van der Waals surface area contributed by atoms with E-state index in [0.717, 1.165) is 5.57 Å². The van der Waals surface area contributed by atoms with Crippen molar-refractivity contribution in [3.63, 3.8) is 0 Å². The summed E-state index contributed by atoms with van der Waals surface area (Å²) in [5.74, 6) is -0.221. The number of ether oxygens (including phenoxy) is 1. The number of rotatable bonds is 1. The molecule has 1 atom stereocenters. The zero-order valence-electron chi connectivity index (χ0n) is 8.33. The summed E-state index contributed by atoms with van der Waals surface area (Å²) >= 11 is 0. The molecule has 0 saturated carbocycles. The van der Waals surface area contributed by atoms with Gasteiger partial charge in [0.1, 0.15) is 6.61 Å². The van der Waals surface area contributed by atoms with Gasteiger partial charge in [-0.05, 0) is 20.0 Å². The summed E-state index contributed by atoms with van der Waals surface area (Å²) in [6, 6.07) is 0. The van der Waals surface area contributed by atoms with Crippen LogP contribution in [0.1, 0.15) is 6.92 Å². The Labute approximate surface area is 83.1 Å². The van der Waals surface area contributed by atoms with Crippen molar-refractivity contribution in [1.29, 1.82) is 0 Å². The summed E-state index contributed by atoms with van der Waals surface area (Å²) in [7, 11) is 1.89. The van der Waals surface area contributed by atoms with Gasteiger partial charge in [-0.25, -0.2) is 4.79 Å². The van der Waals surface area contributed by atoms with Crippen LogP contribution < -0.4 is 5.32 Å². The second-order valence-electron chi connectivity index (χ2n) is 3.71. The van der Waals surface area contributed by atoms with Crippen molar-refractivity contribution in [2.75, 3.05) is 13.7 Å². The average Bonchev–Trinajstić information content (AvgIpc) is 2.44. The third kappa shape index (κ3) is 1.40. The normalized spacial score (nSPS) is 30.3. The molecule has 0 spiro atoms. The van der Waals surface area contributed by atoms with E-state index in [1.54, 1.807) is 0 Å². The molecule has 0 fully saturated rings. The number of likely N-dealkylation sites (N-methyl/N-ethyl adjacent to an activating group) is 1. The van der Waals surface area contributed by atoms with Crippen LogP contribution in [0.4, 0.5) is 0 Å². The van der Waals surface area contributed by atoms with Crippen LogP contribution in [0.15, 0.2) is 35.5 Å². The first-order chi connectivity index (χ1) is 6.64. The van der Waals surface area contributed by atoms with Gasteiger partial charge in [-0.2, -0.15) is 0 Å². The quantitative estimate of drug-likeness (QED) is 0.627. The van der Waals surface area contributed by atoms with E-state index in [1.807, 2.05) is 38.3 Å². The molecule has 1 heterocycles. The minimum Gasteiger partial charge on any atom is -0.457 e. The summed E-state index contributed by atoms with van der Waals surface area (Å²) in [5.41, 5.74) is 1.47. The largest absolute Gasteiger partial charge is 0.457 e. The van der Waals surface area contributed by atoms with E-state index in [-0.39, 0.29) is 11.5 Å². The van der Waals surface area contributed by atoms with Crippen molar-refractivity contribution < 1.29 is 9.53 Å². The molecule has 1 aliphatic heterocycles. The maximum absolute atomic E-state index is 11.3. The molecule has 2 rings (SSSR count). The van der Waals surface area contributed by atoms with Gasteiger partial charge in [0.15, 0.2) is 0 Å². The first kappa shape index (κ1) is 9.21. The molecule has 1 unspecified atom stereocenters. The van der Waals surface area contributed by atoms with Gasteiger partial charge < -0.3 is 10.1 Å². The number of hydrogen-bond donors (Lipinski definition) is 1. The number of cyclic esters (lactones) is 1. The second kappa shape index (κ2) is 3.10. The standard InChI is InChI=1S/C11H13NO2/c1-11(12-2)5-3-8-7-14-10(13)9(8)4-6-11/h3-6,12H,7H2,1-2H3. The lowest BCUT2D eigenvalue weighted by Gasteiger charge is -2.20. The van der Waals surface area contributed by atoms with Crippen LogP contribution in [0.3, 0.4) is 0 Å². The Balaban J connectivity index is 2.37. The van der Waals surface area contributed by atoms with E-state index in [9.17, 15) is 4.79 Å². The summed E-state index contributed by atoms with van der Waals surface area (Å²) in [5, 5.41) is 3.17. The predicted molar refractivity (Wildman–Crippen MR) is 53.7 cm³/mol. The van der Waals surface area contributed by atoms with Gasteiger partial charge in [0.2, 0.25) is 0 Å². The third-order valence-corrected chi connectivity index (χ3v) is 2.69. The van der Waals surface area contributed by atoms with Crippen molar-refractivity contribution in [2.45, 2.75) is 12.5 Å². The van der Waals surface area contributed by atoms with Crippen molar-refractivity contribution in [3.8, 4) is 0 Å². The molecule has 1 aliphatic carbocycles. The van der Waals surface area contributed by atoms with Crippen molar-refractivity contribution >= 4 is 5.97 Å². The van der Waals surface area contributed by atoms with Gasteiger partial charge in [-0.3, -0.25) is 0 Å². The molecule has 74 valence electrons. The Kier molecular flexibility index (Phi) is 2.04. The van der Waals surface area contributed by atoms with Gasteiger partial charge >= 0.3 is 5.97 Å². The molecular formula is C11H13NO2. The topological polar surface area (TPSA) is 38.3 Å². The zero-order chi connectivity index (χ0) is 10.2. The lowest BCUT2D eigenvalue weighted by atomic mass is 10.0. The Morgan fingerprint density at radius 2 is 2.14 bits per heavy atom. The number of esters is 1. The number of nitrogens with one attached hydrogen (secondary N) is 1. The van der Waals surface area contributed by atoms with Crippen LogP contribution in [0.5, 0.6) is 0 Å². The fraction of sp³-hybridized carbons (Fsp3) is 0.364. The fourth-order valence-corrected chi connectivity index (χ4v) is 1.50. The van der Waals surface area contributed by atoms with Crippen molar-refractivity contribution in [1.82, 2.24) is 5.32 Å². The Bertz CT molecular complexity index is 365. The zero-order valence-corrected chi connectivity index (χ0v) is 8.33. The maximum atomic E-state index is 11.3. The molecule has 0 bridgehead atoms. The third-order valence-electron chi connectivity index (χ3n) is 2.69. The summed E-state index contributed by atoms with van der Waals surface area (Å²) in [6.07, 6.45) is 7.80. The molecule has 0 aromatic rings. The molecule has 2 aliphatic rings. The number of hydrogen-bond acceptors (Lipinski definition) is 3. The predicted octanol–water partition coefficient (Wildman–Crippen LogP) is 0.944. The highest BCUT2D eigenvalue weighted by atomic mass is 16.5. The SMILES string of the molecule is CNC1(C)C=CC2=C(C=C1)C(=O)OC2. The molecule has 3 heteroatoms. The molecule has 0 amide bonds. The van der Waals surface area contributed by atoms with Gasteiger partial charge in [-0.15, -0.1) is 0 Å². The van der Waals surface area contributed by atoms with Gasteiger partial charge in [-0.1, -0.05) is 18.2 Å². The Hall–Kier alpha value is -1.35. The molecule has 3 nitrogen and oxygen atoms in total.